The molecule has 1 heterocycles. The molecule has 0 unspecified atom stereocenters. The van der Waals surface area contributed by atoms with Crippen molar-refractivity contribution in [2.45, 2.75) is 39.0 Å². The average Bonchev–Trinajstić information content (AvgIpc) is 2.89. The van der Waals surface area contributed by atoms with Gasteiger partial charge in [0.15, 0.2) is 0 Å². The van der Waals surface area contributed by atoms with Crippen molar-refractivity contribution in [2.24, 2.45) is 10.9 Å². The Morgan fingerprint density at radius 2 is 2.29 bits per heavy atom. The highest BCUT2D eigenvalue weighted by atomic mass is 16.6. The quantitative estimate of drug-likeness (QED) is 0.790. The van der Waals surface area contributed by atoms with E-state index in [0.717, 1.165) is 11.3 Å². The standard InChI is InChI=1S/C15H21N3O3/c1-10(2)20-14-6-4-3-5-11(14)8-17-9-12-7-13(15(16)19)18-21-12/h3-6,10,12,17H,7-9H2,1-2H3,(H2,16,19)/t12-/m0/s1. The Morgan fingerprint density at radius 1 is 1.52 bits per heavy atom. The van der Waals surface area contributed by atoms with Crippen molar-refractivity contribution in [3.63, 3.8) is 0 Å². The summed E-state index contributed by atoms with van der Waals surface area (Å²) in [6.45, 7) is 5.25. The molecule has 1 aliphatic heterocycles. The molecule has 0 saturated heterocycles. The molecule has 0 saturated carbocycles. The van der Waals surface area contributed by atoms with Crippen LogP contribution in [0.2, 0.25) is 0 Å². The highest BCUT2D eigenvalue weighted by Gasteiger charge is 2.24. The molecule has 6 heteroatoms. The van der Waals surface area contributed by atoms with Crippen LogP contribution in [0.4, 0.5) is 0 Å². The summed E-state index contributed by atoms with van der Waals surface area (Å²) in [6, 6.07) is 7.90. The van der Waals surface area contributed by atoms with E-state index in [1.807, 2.05) is 38.1 Å². The second-order valence-electron chi connectivity index (χ2n) is 5.24. The lowest BCUT2D eigenvalue weighted by Crippen LogP contribution is -2.29. The van der Waals surface area contributed by atoms with Crippen molar-refractivity contribution in [1.29, 1.82) is 0 Å². The zero-order valence-electron chi connectivity index (χ0n) is 12.3. The molecule has 0 spiro atoms. The lowest BCUT2D eigenvalue weighted by atomic mass is 10.1. The third-order valence-electron chi connectivity index (χ3n) is 3.04. The molecule has 3 N–H and O–H groups in total. The highest BCUT2D eigenvalue weighted by Crippen LogP contribution is 2.19. The number of nitrogens with one attached hydrogen (secondary N) is 1. The van der Waals surface area contributed by atoms with E-state index in [1.165, 1.54) is 0 Å². The highest BCUT2D eigenvalue weighted by molar-refractivity contribution is 6.38. The number of nitrogens with zero attached hydrogens (tertiary/aromatic N) is 1. The molecule has 114 valence electrons. The third kappa shape index (κ3) is 4.46. The van der Waals surface area contributed by atoms with Gasteiger partial charge in [0.05, 0.1) is 6.10 Å². The predicted molar refractivity (Wildman–Crippen MR) is 80.0 cm³/mol. The number of carbonyl (C=O) groups excluding carboxylic acids is 1. The number of hydrogen-bond donors (Lipinski definition) is 2. The molecule has 0 aliphatic carbocycles. The van der Waals surface area contributed by atoms with Gasteiger partial charge in [-0.3, -0.25) is 4.79 Å². The molecule has 1 aromatic carbocycles. The van der Waals surface area contributed by atoms with E-state index in [9.17, 15) is 4.79 Å². The Hall–Kier alpha value is -2.08. The summed E-state index contributed by atoms with van der Waals surface area (Å²) in [6.07, 6.45) is 0.438. The van der Waals surface area contributed by atoms with Gasteiger partial charge in [0.1, 0.15) is 17.6 Å². The van der Waals surface area contributed by atoms with Crippen LogP contribution in [0.5, 0.6) is 5.75 Å². The van der Waals surface area contributed by atoms with Crippen molar-refractivity contribution in [2.75, 3.05) is 6.54 Å². The second kappa shape index (κ2) is 7.08. The first-order chi connectivity index (χ1) is 10.1. The van der Waals surface area contributed by atoms with E-state index in [2.05, 4.69) is 10.5 Å². The summed E-state index contributed by atoms with van der Waals surface area (Å²) in [4.78, 5) is 16.1. The molecule has 1 aromatic rings. The third-order valence-corrected chi connectivity index (χ3v) is 3.04. The van der Waals surface area contributed by atoms with Gasteiger partial charge in [-0.2, -0.15) is 0 Å². The number of primary amides is 1. The Kier molecular flexibility index (Phi) is 5.16. The fourth-order valence-corrected chi connectivity index (χ4v) is 2.07. The Balaban J connectivity index is 1.81. The van der Waals surface area contributed by atoms with E-state index in [1.54, 1.807) is 0 Å². The Labute approximate surface area is 124 Å². The van der Waals surface area contributed by atoms with Crippen molar-refractivity contribution in [1.82, 2.24) is 5.32 Å². The van der Waals surface area contributed by atoms with Crippen LogP contribution < -0.4 is 15.8 Å². The van der Waals surface area contributed by atoms with Gasteiger partial charge in [0, 0.05) is 25.1 Å². The molecule has 2 rings (SSSR count). The Morgan fingerprint density at radius 3 is 2.95 bits per heavy atom. The molecule has 0 aromatic heterocycles. The molecule has 0 fully saturated rings. The normalized spacial score (nSPS) is 17.5. The maximum Gasteiger partial charge on any atom is 0.266 e. The van der Waals surface area contributed by atoms with Gasteiger partial charge >= 0.3 is 0 Å². The van der Waals surface area contributed by atoms with Gasteiger partial charge in [0.2, 0.25) is 0 Å². The second-order valence-corrected chi connectivity index (χ2v) is 5.24. The van der Waals surface area contributed by atoms with Crippen molar-refractivity contribution < 1.29 is 14.4 Å². The summed E-state index contributed by atoms with van der Waals surface area (Å²) < 4.78 is 5.76. The first kappa shape index (κ1) is 15.3. The molecular weight excluding hydrogens is 270 g/mol. The summed E-state index contributed by atoms with van der Waals surface area (Å²) in [5, 5.41) is 6.96. The average molecular weight is 291 g/mol. The van der Waals surface area contributed by atoms with Crippen LogP contribution in [-0.4, -0.2) is 30.4 Å². The smallest absolute Gasteiger partial charge is 0.266 e. The van der Waals surface area contributed by atoms with Crippen LogP contribution >= 0.6 is 0 Å². The van der Waals surface area contributed by atoms with Crippen LogP contribution in [0, 0.1) is 0 Å². The number of oxime groups is 1. The van der Waals surface area contributed by atoms with Crippen LogP contribution in [0.25, 0.3) is 0 Å². The van der Waals surface area contributed by atoms with E-state index in [4.69, 9.17) is 15.3 Å². The van der Waals surface area contributed by atoms with Gasteiger partial charge in [-0.1, -0.05) is 23.4 Å². The summed E-state index contributed by atoms with van der Waals surface area (Å²) in [5.74, 6) is 0.356. The fraction of sp³-hybridized carbons (Fsp3) is 0.467. The minimum absolute atomic E-state index is 0.135. The molecular formula is C15H21N3O3. The largest absolute Gasteiger partial charge is 0.491 e. The molecule has 0 radical (unpaired) electrons. The molecule has 21 heavy (non-hydrogen) atoms. The first-order valence-electron chi connectivity index (χ1n) is 7.04. The summed E-state index contributed by atoms with van der Waals surface area (Å²) >= 11 is 0. The van der Waals surface area contributed by atoms with E-state index >= 15 is 0 Å². The van der Waals surface area contributed by atoms with Gasteiger partial charge in [0.25, 0.3) is 5.91 Å². The van der Waals surface area contributed by atoms with Gasteiger partial charge in [-0.25, -0.2) is 0 Å². The molecule has 1 atom stereocenters. The van der Waals surface area contributed by atoms with Crippen LogP contribution in [0.1, 0.15) is 25.8 Å². The maximum absolute atomic E-state index is 11.0. The fourth-order valence-electron chi connectivity index (χ4n) is 2.07. The minimum Gasteiger partial charge on any atom is -0.491 e. The van der Waals surface area contributed by atoms with Crippen molar-refractivity contribution in [3.05, 3.63) is 29.8 Å². The number of carbonyl (C=O) groups is 1. The number of hydrogen-bond acceptors (Lipinski definition) is 5. The van der Waals surface area contributed by atoms with E-state index in [0.29, 0.717) is 25.2 Å². The summed E-state index contributed by atoms with van der Waals surface area (Å²) in [5.41, 5.74) is 6.54. The maximum atomic E-state index is 11.0. The topological polar surface area (TPSA) is 85.9 Å². The number of para-hydroxylation sites is 1. The number of ether oxygens (including phenoxy) is 1. The monoisotopic (exact) mass is 291 g/mol. The lowest BCUT2D eigenvalue weighted by Gasteiger charge is -2.15. The minimum atomic E-state index is -0.520. The van der Waals surface area contributed by atoms with E-state index in [-0.39, 0.29) is 12.2 Å². The number of amides is 1. The Bertz CT molecular complexity index is 529. The van der Waals surface area contributed by atoms with E-state index < -0.39 is 5.91 Å². The SMILES string of the molecule is CC(C)Oc1ccccc1CNC[C@@H]1CC(C(N)=O)=NO1. The zero-order chi connectivity index (χ0) is 15.2. The molecule has 0 bridgehead atoms. The van der Waals surface area contributed by atoms with Gasteiger partial charge < -0.3 is 20.6 Å². The van der Waals surface area contributed by atoms with Gasteiger partial charge in [-0.05, 0) is 19.9 Å². The molecule has 6 nitrogen and oxygen atoms in total. The van der Waals surface area contributed by atoms with Crippen LogP contribution in [0.3, 0.4) is 0 Å². The zero-order valence-corrected chi connectivity index (χ0v) is 12.3. The van der Waals surface area contributed by atoms with Gasteiger partial charge in [-0.15, -0.1) is 0 Å². The number of rotatable bonds is 7. The first-order valence-corrected chi connectivity index (χ1v) is 7.04. The van der Waals surface area contributed by atoms with Crippen LogP contribution in [0.15, 0.2) is 29.4 Å². The van der Waals surface area contributed by atoms with Crippen LogP contribution in [-0.2, 0) is 16.2 Å². The van der Waals surface area contributed by atoms with Crippen molar-refractivity contribution >= 4 is 11.6 Å². The summed E-state index contributed by atoms with van der Waals surface area (Å²) in [7, 11) is 0. The molecule has 1 aliphatic rings. The predicted octanol–water partition coefficient (Wildman–Crippen LogP) is 1.19. The van der Waals surface area contributed by atoms with Crippen molar-refractivity contribution in [3.8, 4) is 5.75 Å². The number of benzene rings is 1. The number of nitrogens with two attached hydrogens (primary N) is 1. The molecule has 1 amide bonds. The lowest BCUT2D eigenvalue weighted by molar-refractivity contribution is -0.112.